The lowest BCUT2D eigenvalue weighted by molar-refractivity contribution is -0.155. The van der Waals surface area contributed by atoms with Crippen LogP contribution in [0.2, 0.25) is 0 Å². The SMILES string of the molecule is CCC(C)C(N)C(=O)N1CCOC2(CCCCCC2)C1. The molecule has 0 aromatic carbocycles. The lowest BCUT2D eigenvalue weighted by Crippen LogP contribution is -2.57. The highest BCUT2D eigenvalue weighted by molar-refractivity contribution is 5.82. The second-order valence-corrected chi connectivity index (χ2v) is 6.62. The van der Waals surface area contributed by atoms with Gasteiger partial charge in [0, 0.05) is 13.1 Å². The summed E-state index contributed by atoms with van der Waals surface area (Å²) in [6.45, 7) is 6.26. The van der Waals surface area contributed by atoms with Gasteiger partial charge in [-0.1, -0.05) is 46.0 Å². The zero-order chi connectivity index (χ0) is 14.6. The Bertz CT molecular complexity index is 324. The van der Waals surface area contributed by atoms with E-state index in [-0.39, 0.29) is 23.5 Å². The van der Waals surface area contributed by atoms with Crippen LogP contribution in [0.3, 0.4) is 0 Å². The molecule has 1 amide bonds. The predicted molar refractivity (Wildman–Crippen MR) is 80.4 cm³/mol. The highest BCUT2D eigenvalue weighted by Gasteiger charge is 2.39. The summed E-state index contributed by atoms with van der Waals surface area (Å²) < 4.78 is 6.10. The van der Waals surface area contributed by atoms with E-state index in [1.54, 1.807) is 0 Å². The van der Waals surface area contributed by atoms with Gasteiger partial charge in [-0.15, -0.1) is 0 Å². The molecule has 0 bridgehead atoms. The number of carbonyl (C=O) groups is 1. The van der Waals surface area contributed by atoms with Crippen LogP contribution in [0, 0.1) is 5.92 Å². The van der Waals surface area contributed by atoms with Gasteiger partial charge in [0.05, 0.1) is 18.2 Å². The summed E-state index contributed by atoms with van der Waals surface area (Å²) in [4.78, 5) is 14.5. The fourth-order valence-electron chi connectivity index (χ4n) is 3.42. The molecule has 116 valence electrons. The van der Waals surface area contributed by atoms with Gasteiger partial charge in [0.25, 0.3) is 0 Å². The van der Waals surface area contributed by atoms with E-state index in [2.05, 4.69) is 13.8 Å². The van der Waals surface area contributed by atoms with E-state index in [1.807, 2.05) is 4.90 Å². The average Bonchev–Trinajstić information content (AvgIpc) is 2.70. The van der Waals surface area contributed by atoms with Crippen molar-refractivity contribution in [3.05, 3.63) is 0 Å². The standard InChI is InChI=1S/C16H30N2O2/c1-3-13(2)14(17)15(19)18-10-11-20-16(12-18)8-6-4-5-7-9-16/h13-14H,3-12,17H2,1-2H3. The van der Waals surface area contributed by atoms with Crippen molar-refractivity contribution < 1.29 is 9.53 Å². The van der Waals surface area contributed by atoms with E-state index in [0.717, 1.165) is 25.8 Å². The molecule has 0 aromatic heterocycles. The Balaban J connectivity index is 2.00. The van der Waals surface area contributed by atoms with Gasteiger partial charge in [-0.25, -0.2) is 0 Å². The molecule has 0 aromatic rings. The predicted octanol–water partition coefficient (Wildman–Crippen LogP) is 2.31. The van der Waals surface area contributed by atoms with Crippen molar-refractivity contribution in [2.24, 2.45) is 11.7 Å². The van der Waals surface area contributed by atoms with Crippen molar-refractivity contribution in [2.75, 3.05) is 19.7 Å². The number of rotatable bonds is 3. The van der Waals surface area contributed by atoms with Crippen LogP contribution in [-0.4, -0.2) is 42.1 Å². The average molecular weight is 282 g/mol. The zero-order valence-electron chi connectivity index (χ0n) is 13.1. The molecule has 1 saturated heterocycles. The summed E-state index contributed by atoms with van der Waals surface area (Å²) in [6.07, 6.45) is 8.17. The smallest absolute Gasteiger partial charge is 0.239 e. The van der Waals surface area contributed by atoms with Gasteiger partial charge < -0.3 is 15.4 Å². The third kappa shape index (κ3) is 3.53. The van der Waals surface area contributed by atoms with Crippen molar-refractivity contribution >= 4 is 5.91 Å². The number of ether oxygens (including phenoxy) is 1. The van der Waals surface area contributed by atoms with Gasteiger partial charge in [0.1, 0.15) is 0 Å². The van der Waals surface area contributed by atoms with Crippen LogP contribution in [0.25, 0.3) is 0 Å². The first-order valence-electron chi connectivity index (χ1n) is 8.26. The minimum atomic E-state index is -0.360. The minimum Gasteiger partial charge on any atom is -0.371 e. The van der Waals surface area contributed by atoms with Gasteiger partial charge in [-0.2, -0.15) is 0 Å². The summed E-state index contributed by atoms with van der Waals surface area (Å²) in [5.74, 6) is 0.363. The maximum absolute atomic E-state index is 12.6. The topological polar surface area (TPSA) is 55.6 Å². The normalized spacial score (nSPS) is 26.1. The summed E-state index contributed by atoms with van der Waals surface area (Å²) >= 11 is 0. The number of hydrogen-bond donors (Lipinski definition) is 1. The van der Waals surface area contributed by atoms with Gasteiger partial charge in [0.15, 0.2) is 0 Å². The lowest BCUT2D eigenvalue weighted by atomic mass is 9.91. The van der Waals surface area contributed by atoms with E-state index in [4.69, 9.17) is 10.5 Å². The Hall–Kier alpha value is -0.610. The first kappa shape index (κ1) is 15.8. The van der Waals surface area contributed by atoms with Crippen LogP contribution >= 0.6 is 0 Å². The third-order valence-corrected chi connectivity index (χ3v) is 5.12. The van der Waals surface area contributed by atoms with Crippen LogP contribution in [0.4, 0.5) is 0 Å². The van der Waals surface area contributed by atoms with Crippen LogP contribution in [0.5, 0.6) is 0 Å². The molecule has 2 fully saturated rings. The molecule has 1 heterocycles. The van der Waals surface area contributed by atoms with Crippen LogP contribution in [0.1, 0.15) is 58.8 Å². The Labute approximate surface area is 123 Å². The van der Waals surface area contributed by atoms with Gasteiger partial charge in [0.2, 0.25) is 5.91 Å². The molecule has 2 unspecified atom stereocenters. The fourth-order valence-corrected chi connectivity index (χ4v) is 3.42. The number of nitrogens with two attached hydrogens (primary N) is 1. The molecule has 1 aliphatic carbocycles. The first-order valence-corrected chi connectivity index (χ1v) is 8.26. The van der Waals surface area contributed by atoms with Crippen molar-refractivity contribution in [2.45, 2.75) is 70.4 Å². The summed E-state index contributed by atoms with van der Waals surface area (Å²) in [6, 6.07) is -0.360. The second kappa shape index (κ2) is 6.90. The molecule has 0 radical (unpaired) electrons. The number of nitrogens with zero attached hydrogens (tertiary/aromatic N) is 1. The third-order valence-electron chi connectivity index (χ3n) is 5.12. The molecule has 1 spiro atoms. The molecular formula is C16H30N2O2. The fraction of sp³-hybridized carbons (Fsp3) is 0.938. The van der Waals surface area contributed by atoms with E-state index in [0.29, 0.717) is 13.2 Å². The van der Waals surface area contributed by atoms with E-state index in [1.165, 1.54) is 25.7 Å². The Morgan fingerprint density at radius 3 is 2.55 bits per heavy atom. The van der Waals surface area contributed by atoms with E-state index >= 15 is 0 Å². The first-order chi connectivity index (χ1) is 9.58. The number of morpholine rings is 1. The van der Waals surface area contributed by atoms with Crippen molar-refractivity contribution in [1.82, 2.24) is 4.90 Å². The number of hydrogen-bond acceptors (Lipinski definition) is 3. The summed E-state index contributed by atoms with van der Waals surface area (Å²) in [5, 5.41) is 0. The monoisotopic (exact) mass is 282 g/mol. The maximum atomic E-state index is 12.6. The van der Waals surface area contributed by atoms with Crippen LogP contribution in [0.15, 0.2) is 0 Å². The Morgan fingerprint density at radius 2 is 1.95 bits per heavy atom. The highest BCUT2D eigenvalue weighted by atomic mass is 16.5. The van der Waals surface area contributed by atoms with Crippen LogP contribution < -0.4 is 5.73 Å². The van der Waals surface area contributed by atoms with Crippen molar-refractivity contribution in [3.63, 3.8) is 0 Å². The molecule has 4 nitrogen and oxygen atoms in total. The molecule has 20 heavy (non-hydrogen) atoms. The summed E-state index contributed by atoms with van der Waals surface area (Å²) in [5.41, 5.74) is 6.04. The molecule has 2 rings (SSSR count). The van der Waals surface area contributed by atoms with Gasteiger partial charge in [-0.3, -0.25) is 4.79 Å². The Kier molecular flexibility index (Phi) is 5.44. The summed E-state index contributed by atoms with van der Waals surface area (Å²) in [7, 11) is 0. The minimum absolute atomic E-state index is 0.0837. The molecule has 4 heteroatoms. The highest BCUT2D eigenvalue weighted by Crippen LogP contribution is 2.33. The lowest BCUT2D eigenvalue weighted by Gasteiger charge is -2.43. The largest absolute Gasteiger partial charge is 0.371 e. The van der Waals surface area contributed by atoms with Gasteiger partial charge in [-0.05, 0) is 18.8 Å². The zero-order valence-corrected chi connectivity index (χ0v) is 13.1. The Morgan fingerprint density at radius 1 is 1.30 bits per heavy atom. The second-order valence-electron chi connectivity index (χ2n) is 6.62. The quantitative estimate of drug-likeness (QED) is 0.864. The van der Waals surface area contributed by atoms with Crippen molar-refractivity contribution in [1.29, 1.82) is 0 Å². The van der Waals surface area contributed by atoms with E-state index < -0.39 is 0 Å². The molecule has 2 aliphatic rings. The number of carbonyl (C=O) groups excluding carboxylic acids is 1. The molecule has 2 atom stereocenters. The molecule has 1 saturated carbocycles. The molecular weight excluding hydrogens is 252 g/mol. The van der Waals surface area contributed by atoms with Crippen LogP contribution in [-0.2, 0) is 9.53 Å². The van der Waals surface area contributed by atoms with E-state index in [9.17, 15) is 4.79 Å². The van der Waals surface area contributed by atoms with Crippen molar-refractivity contribution in [3.8, 4) is 0 Å². The maximum Gasteiger partial charge on any atom is 0.239 e. The number of amides is 1. The molecule has 1 aliphatic heterocycles. The molecule has 2 N–H and O–H groups in total. The van der Waals surface area contributed by atoms with Gasteiger partial charge >= 0.3 is 0 Å².